The van der Waals surface area contributed by atoms with Gasteiger partial charge in [-0.1, -0.05) is 0 Å². The molecule has 5 heteroatoms. The zero-order valence-electron chi connectivity index (χ0n) is 8.92. The van der Waals surface area contributed by atoms with Gasteiger partial charge < -0.3 is 22.1 Å². The van der Waals surface area contributed by atoms with Crippen molar-refractivity contribution in [2.75, 3.05) is 23.3 Å². The van der Waals surface area contributed by atoms with Crippen molar-refractivity contribution >= 4 is 23.1 Å². The Kier molecular flexibility index (Phi) is 3.38. The maximum atomic E-state index is 11.3. The molecule has 82 valence electrons. The Bertz CT molecular complexity index is 376. The highest BCUT2D eigenvalue weighted by atomic mass is 16.2. The molecule has 1 aromatic carbocycles. The summed E-state index contributed by atoms with van der Waals surface area (Å²) in [6.07, 6.45) is 0. The van der Waals surface area contributed by atoms with E-state index in [0.29, 0.717) is 23.6 Å². The van der Waals surface area contributed by atoms with E-state index < -0.39 is 0 Å². The third kappa shape index (κ3) is 2.77. The van der Waals surface area contributed by atoms with Crippen molar-refractivity contribution in [2.24, 2.45) is 0 Å². The number of nitrogen functional groups attached to an aromatic ring is 2. The average molecular weight is 208 g/mol. The Balaban J connectivity index is 2.86. The van der Waals surface area contributed by atoms with Gasteiger partial charge in [0, 0.05) is 12.2 Å². The predicted octanol–water partition coefficient (Wildman–Crippen LogP) is 1.30. The van der Waals surface area contributed by atoms with Crippen molar-refractivity contribution in [2.45, 2.75) is 13.8 Å². The van der Waals surface area contributed by atoms with Crippen molar-refractivity contribution < 1.29 is 4.79 Å². The lowest BCUT2D eigenvalue weighted by Gasteiger charge is -2.11. The molecule has 15 heavy (non-hydrogen) atoms. The van der Waals surface area contributed by atoms with Gasteiger partial charge in [0.25, 0.3) is 0 Å². The van der Waals surface area contributed by atoms with E-state index in [9.17, 15) is 4.79 Å². The van der Waals surface area contributed by atoms with Crippen molar-refractivity contribution in [3.05, 3.63) is 17.7 Å². The number of hydrogen-bond donors (Lipinski definition) is 4. The molecule has 0 aliphatic heterocycles. The number of urea groups is 1. The van der Waals surface area contributed by atoms with E-state index in [4.69, 9.17) is 11.5 Å². The zero-order chi connectivity index (χ0) is 11.4. The smallest absolute Gasteiger partial charge is 0.319 e. The fraction of sp³-hybridized carbons (Fsp3) is 0.300. The fourth-order valence-electron chi connectivity index (χ4n) is 1.21. The molecule has 0 atom stereocenters. The van der Waals surface area contributed by atoms with Crippen LogP contribution in [0.3, 0.4) is 0 Å². The van der Waals surface area contributed by atoms with Gasteiger partial charge in [-0.25, -0.2) is 4.79 Å². The first-order valence-electron chi connectivity index (χ1n) is 4.75. The van der Waals surface area contributed by atoms with Crippen LogP contribution in [0.5, 0.6) is 0 Å². The van der Waals surface area contributed by atoms with Gasteiger partial charge in [-0.2, -0.15) is 0 Å². The second-order valence-electron chi connectivity index (χ2n) is 3.28. The highest BCUT2D eigenvalue weighted by Gasteiger charge is 2.05. The van der Waals surface area contributed by atoms with E-state index in [0.717, 1.165) is 5.56 Å². The first kappa shape index (κ1) is 11.2. The van der Waals surface area contributed by atoms with Crippen LogP contribution in [0.15, 0.2) is 12.1 Å². The quantitative estimate of drug-likeness (QED) is 0.552. The van der Waals surface area contributed by atoms with Crippen LogP contribution in [0.2, 0.25) is 0 Å². The standard InChI is InChI=1S/C10H16N4O/c1-3-13-10(15)14-9-5-8(12)7(11)4-6(9)2/h4-5H,3,11-12H2,1-2H3,(H2,13,14,15). The Labute approximate surface area is 88.8 Å². The van der Waals surface area contributed by atoms with Gasteiger partial charge in [0.2, 0.25) is 0 Å². The molecule has 1 aromatic rings. The first-order valence-corrected chi connectivity index (χ1v) is 4.75. The second-order valence-corrected chi connectivity index (χ2v) is 3.28. The summed E-state index contributed by atoms with van der Waals surface area (Å²) >= 11 is 0. The highest BCUT2D eigenvalue weighted by molar-refractivity contribution is 5.91. The van der Waals surface area contributed by atoms with Gasteiger partial charge >= 0.3 is 6.03 Å². The summed E-state index contributed by atoms with van der Waals surface area (Å²) in [5, 5.41) is 5.33. The van der Waals surface area contributed by atoms with Crippen LogP contribution in [0.1, 0.15) is 12.5 Å². The molecule has 0 heterocycles. The van der Waals surface area contributed by atoms with Crippen LogP contribution in [0.25, 0.3) is 0 Å². The third-order valence-electron chi connectivity index (χ3n) is 2.02. The number of nitrogens with one attached hydrogen (secondary N) is 2. The molecular weight excluding hydrogens is 192 g/mol. The van der Waals surface area contributed by atoms with E-state index >= 15 is 0 Å². The molecule has 1 rings (SSSR count). The SMILES string of the molecule is CCNC(=O)Nc1cc(N)c(N)cc1C. The summed E-state index contributed by atoms with van der Waals surface area (Å²) < 4.78 is 0. The van der Waals surface area contributed by atoms with Gasteiger partial charge in [-0.05, 0) is 31.5 Å². The summed E-state index contributed by atoms with van der Waals surface area (Å²) in [5.41, 5.74) is 13.8. The molecule has 0 saturated heterocycles. The number of aryl methyl sites for hydroxylation is 1. The molecular formula is C10H16N4O. The number of hydrogen-bond acceptors (Lipinski definition) is 3. The molecule has 0 aliphatic rings. The molecule has 5 nitrogen and oxygen atoms in total. The number of amides is 2. The molecule has 0 spiro atoms. The van der Waals surface area contributed by atoms with Crippen LogP contribution in [-0.4, -0.2) is 12.6 Å². The van der Waals surface area contributed by atoms with Crippen LogP contribution in [-0.2, 0) is 0 Å². The highest BCUT2D eigenvalue weighted by Crippen LogP contribution is 2.24. The maximum Gasteiger partial charge on any atom is 0.319 e. The number of benzene rings is 1. The van der Waals surface area contributed by atoms with Gasteiger partial charge in [0.15, 0.2) is 0 Å². The van der Waals surface area contributed by atoms with Crippen LogP contribution in [0, 0.1) is 6.92 Å². The summed E-state index contributed by atoms with van der Waals surface area (Å²) in [7, 11) is 0. The van der Waals surface area contributed by atoms with Gasteiger partial charge in [0.05, 0.1) is 11.4 Å². The van der Waals surface area contributed by atoms with E-state index in [-0.39, 0.29) is 6.03 Å². The van der Waals surface area contributed by atoms with Crippen LogP contribution in [0.4, 0.5) is 21.9 Å². The Morgan fingerprint density at radius 2 is 1.93 bits per heavy atom. The van der Waals surface area contributed by atoms with Crippen molar-refractivity contribution in [3.8, 4) is 0 Å². The van der Waals surface area contributed by atoms with Crippen molar-refractivity contribution in [1.82, 2.24) is 5.32 Å². The summed E-state index contributed by atoms with van der Waals surface area (Å²) in [4.78, 5) is 11.3. The predicted molar refractivity (Wildman–Crippen MR) is 62.7 cm³/mol. The summed E-state index contributed by atoms with van der Waals surface area (Å²) in [6, 6.07) is 3.14. The topological polar surface area (TPSA) is 93.2 Å². The monoisotopic (exact) mass is 208 g/mol. The largest absolute Gasteiger partial charge is 0.397 e. The van der Waals surface area contributed by atoms with Gasteiger partial charge in [0.1, 0.15) is 0 Å². The molecule has 0 unspecified atom stereocenters. The van der Waals surface area contributed by atoms with E-state index in [1.165, 1.54) is 0 Å². The number of anilines is 3. The zero-order valence-corrected chi connectivity index (χ0v) is 8.92. The maximum absolute atomic E-state index is 11.3. The molecule has 0 bridgehead atoms. The number of rotatable bonds is 2. The molecule has 0 radical (unpaired) electrons. The second kappa shape index (κ2) is 4.54. The lowest BCUT2D eigenvalue weighted by Crippen LogP contribution is -2.28. The molecule has 6 N–H and O–H groups in total. The third-order valence-corrected chi connectivity index (χ3v) is 2.02. The van der Waals surface area contributed by atoms with Crippen LogP contribution < -0.4 is 22.1 Å². The minimum absolute atomic E-state index is 0.246. The van der Waals surface area contributed by atoms with E-state index in [2.05, 4.69) is 10.6 Å². The Hall–Kier alpha value is -1.91. The minimum Gasteiger partial charge on any atom is -0.397 e. The minimum atomic E-state index is -0.246. The van der Waals surface area contributed by atoms with Gasteiger partial charge in [-0.3, -0.25) is 0 Å². The fourth-order valence-corrected chi connectivity index (χ4v) is 1.21. The van der Waals surface area contributed by atoms with Crippen LogP contribution >= 0.6 is 0 Å². The normalized spacial score (nSPS) is 9.73. The van der Waals surface area contributed by atoms with Crippen molar-refractivity contribution in [1.29, 1.82) is 0 Å². The molecule has 0 saturated carbocycles. The van der Waals surface area contributed by atoms with E-state index in [1.807, 2.05) is 13.8 Å². The lowest BCUT2D eigenvalue weighted by atomic mass is 10.1. The number of carbonyl (C=O) groups is 1. The number of carbonyl (C=O) groups excluding carboxylic acids is 1. The first-order chi connectivity index (χ1) is 7.04. The average Bonchev–Trinajstić information content (AvgIpc) is 2.14. The van der Waals surface area contributed by atoms with Crippen molar-refractivity contribution in [3.63, 3.8) is 0 Å². The Morgan fingerprint density at radius 1 is 1.33 bits per heavy atom. The molecule has 0 aliphatic carbocycles. The lowest BCUT2D eigenvalue weighted by molar-refractivity contribution is 0.252. The van der Waals surface area contributed by atoms with Gasteiger partial charge in [-0.15, -0.1) is 0 Å². The molecule has 0 fully saturated rings. The summed E-state index contributed by atoms with van der Waals surface area (Å²) in [5.74, 6) is 0. The molecule has 2 amide bonds. The number of nitrogens with two attached hydrogens (primary N) is 2. The Morgan fingerprint density at radius 3 is 2.53 bits per heavy atom. The van der Waals surface area contributed by atoms with E-state index in [1.54, 1.807) is 12.1 Å². The molecule has 0 aromatic heterocycles. The summed E-state index contributed by atoms with van der Waals surface area (Å²) in [6.45, 7) is 4.29.